The van der Waals surface area contributed by atoms with Gasteiger partial charge in [0.1, 0.15) is 0 Å². The number of aryl methyl sites for hydroxylation is 1. The molecule has 0 amide bonds. The first-order valence-corrected chi connectivity index (χ1v) is 10.6. The molecule has 1 saturated carbocycles. The zero-order valence-electron chi connectivity index (χ0n) is 17.5. The molecule has 0 aromatic heterocycles. The van der Waals surface area contributed by atoms with E-state index in [0.29, 0.717) is 18.2 Å². The van der Waals surface area contributed by atoms with Crippen LogP contribution in [0.4, 0.5) is 5.69 Å². The van der Waals surface area contributed by atoms with Gasteiger partial charge >= 0.3 is 0 Å². The molecule has 142 valence electrons. The summed E-state index contributed by atoms with van der Waals surface area (Å²) in [7, 11) is 0. The molecule has 4 atom stereocenters. The van der Waals surface area contributed by atoms with E-state index in [-0.39, 0.29) is 11.0 Å². The Morgan fingerprint density at radius 3 is 2.35 bits per heavy atom. The first-order chi connectivity index (χ1) is 12.2. The number of hydrogen-bond acceptors (Lipinski definition) is 2. The Labute approximate surface area is 160 Å². The number of hydrogen-bond donors (Lipinski definition) is 0. The zero-order valence-corrected chi connectivity index (χ0v) is 17.5. The average Bonchev–Trinajstić information content (AvgIpc) is 3.26. The van der Waals surface area contributed by atoms with Crippen molar-refractivity contribution in [1.82, 2.24) is 4.90 Å². The Morgan fingerprint density at radius 1 is 1.08 bits per heavy atom. The molecule has 2 heterocycles. The highest BCUT2D eigenvalue weighted by Gasteiger charge is 2.58. The van der Waals surface area contributed by atoms with Gasteiger partial charge in [0.25, 0.3) is 0 Å². The van der Waals surface area contributed by atoms with Crippen molar-refractivity contribution in [3.8, 4) is 0 Å². The number of benzene rings is 1. The molecule has 3 unspecified atom stereocenters. The Morgan fingerprint density at radius 2 is 1.73 bits per heavy atom. The smallest absolute Gasteiger partial charge is 0.0886 e. The molecule has 2 fully saturated rings. The molecule has 0 spiro atoms. The highest BCUT2D eigenvalue weighted by molar-refractivity contribution is 5.57. The molecular formula is C24H36N2. The molecule has 3 aliphatic rings. The fourth-order valence-electron chi connectivity index (χ4n) is 6.03. The van der Waals surface area contributed by atoms with Crippen molar-refractivity contribution < 1.29 is 0 Å². The van der Waals surface area contributed by atoms with Crippen molar-refractivity contribution >= 4 is 5.69 Å². The van der Waals surface area contributed by atoms with Crippen LogP contribution in [0.3, 0.4) is 0 Å². The third kappa shape index (κ3) is 2.56. The summed E-state index contributed by atoms with van der Waals surface area (Å²) in [6, 6.07) is 9.96. The minimum Gasteiger partial charge on any atom is -0.350 e. The lowest BCUT2D eigenvalue weighted by atomic mass is 9.81. The van der Waals surface area contributed by atoms with Gasteiger partial charge in [-0.05, 0) is 56.6 Å². The number of nitrogens with zero attached hydrogens (tertiary/aromatic N) is 2. The van der Waals surface area contributed by atoms with Gasteiger partial charge in [0.15, 0.2) is 0 Å². The second kappa shape index (κ2) is 6.12. The van der Waals surface area contributed by atoms with E-state index in [1.807, 2.05) is 0 Å². The van der Waals surface area contributed by atoms with Gasteiger partial charge in [0.05, 0.1) is 12.2 Å². The highest BCUT2D eigenvalue weighted by atomic mass is 15.5. The Hall–Kier alpha value is -1.28. The summed E-state index contributed by atoms with van der Waals surface area (Å²) in [6.45, 7) is 14.5. The average molecular weight is 353 g/mol. The second-order valence-corrected chi connectivity index (χ2v) is 10.1. The predicted molar refractivity (Wildman–Crippen MR) is 111 cm³/mol. The minimum absolute atomic E-state index is 0.192. The monoisotopic (exact) mass is 352 g/mol. The van der Waals surface area contributed by atoms with E-state index in [9.17, 15) is 0 Å². The minimum atomic E-state index is 0.192. The summed E-state index contributed by atoms with van der Waals surface area (Å²) in [5, 5.41) is 0. The zero-order chi connectivity index (χ0) is 18.7. The van der Waals surface area contributed by atoms with Gasteiger partial charge < -0.3 is 4.90 Å². The van der Waals surface area contributed by atoms with E-state index >= 15 is 0 Å². The van der Waals surface area contributed by atoms with Crippen LogP contribution in [-0.4, -0.2) is 28.7 Å². The lowest BCUT2D eigenvalue weighted by Gasteiger charge is -2.49. The second-order valence-electron chi connectivity index (χ2n) is 10.1. The molecule has 2 aliphatic heterocycles. The van der Waals surface area contributed by atoms with Crippen LogP contribution in [0, 0.1) is 18.3 Å². The molecule has 0 N–H and O–H groups in total. The Kier molecular flexibility index (Phi) is 4.26. The van der Waals surface area contributed by atoms with E-state index in [0.717, 1.165) is 5.92 Å². The van der Waals surface area contributed by atoms with Crippen LogP contribution in [0.2, 0.25) is 0 Å². The Balaban J connectivity index is 1.81. The fourth-order valence-corrected chi connectivity index (χ4v) is 6.03. The molecule has 2 nitrogen and oxygen atoms in total. The summed E-state index contributed by atoms with van der Waals surface area (Å²) < 4.78 is 0. The van der Waals surface area contributed by atoms with Crippen LogP contribution in [-0.2, 0) is 0 Å². The largest absolute Gasteiger partial charge is 0.350 e. The maximum atomic E-state index is 2.89. The predicted octanol–water partition coefficient (Wildman–Crippen LogP) is 5.77. The van der Waals surface area contributed by atoms with E-state index in [2.05, 4.69) is 87.8 Å². The maximum Gasteiger partial charge on any atom is 0.0886 e. The molecular weight excluding hydrogens is 316 g/mol. The van der Waals surface area contributed by atoms with Gasteiger partial charge in [-0.15, -0.1) is 0 Å². The van der Waals surface area contributed by atoms with Crippen molar-refractivity contribution in [3.05, 3.63) is 42.0 Å². The third-order valence-electron chi connectivity index (χ3n) is 7.32. The van der Waals surface area contributed by atoms with Gasteiger partial charge in [-0.2, -0.15) is 0 Å². The van der Waals surface area contributed by atoms with E-state index < -0.39 is 0 Å². The maximum absolute atomic E-state index is 2.89. The van der Waals surface area contributed by atoms with Crippen LogP contribution < -0.4 is 4.90 Å². The van der Waals surface area contributed by atoms with Crippen molar-refractivity contribution in [3.63, 3.8) is 0 Å². The first-order valence-electron chi connectivity index (χ1n) is 10.6. The summed E-state index contributed by atoms with van der Waals surface area (Å²) in [6.07, 6.45) is 11.1. The van der Waals surface area contributed by atoms with Gasteiger partial charge in [-0.25, -0.2) is 0 Å². The van der Waals surface area contributed by atoms with Gasteiger partial charge in [-0.1, -0.05) is 64.0 Å². The number of para-hydroxylation sites is 1. The number of rotatable bonds is 2. The van der Waals surface area contributed by atoms with E-state index in [1.54, 1.807) is 0 Å². The quantitative estimate of drug-likeness (QED) is 0.624. The Bertz CT molecular complexity index is 694. The first kappa shape index (κ1) is 18.1. The van der Waals surface area contributed by atoms with Gasteiger partial charge in [-0.3, -0.25) is 4.90 Å². The van der Waals surface area contributed by atoms with E-state index in [1.165, 1.54) is 36.9 Å². The molecule has 1 aromatic carbocycles. The normalized spacial score (nSPS) is 35.5. The van der Waals surface area contributed by atoms with Gasteiger partial charge in [0, 0.05) is 17.3 Å². The highest BCUT2D eigenvalue weighted by Crippen LogP contribution is 2.52. The SMILES string of the molecule is Cc1ccccc1N1C(C(C)(C)C)N2C(C=CC2(C)C2CCCC2)[C@@H]1C. The molecule has 0 bridgehead atoms. The molecule has 1 aliphatic carbocycles. The topological polar surface area (TPSA) is 6.48 Å². The molecule has 1 saturated heterocycles. The summed E-state index contributed by atoms with van der Waals surface area (Å²) in [5.41, 5.74) is 3.19. The molecule has 26 heavy (non-hydrogen) atoms. The van der Waals surface area contributed by atoms with Crippen molar-refractivity contribution in [2.75, 3.05) is 4.90 Å². The van der Waals surface area contributed by atoms with Crippen LogP contribution >= 0.6 is 0 Å². The number of fused-ring (bicyclic) bond motifs is 1. The van der Waals surface area contributed by atoms with Gasteiger partial charge in [0.2, 0.25) is 0 Å². The lowest BCUT2D eigenvalue weighted by Crippen LogP contribution is -2.58. The summed E-state index contributed by atoms with van der Waals surface area (Å²) in [4.78, 5) is 5.62. The van der Waals surface area contributed by atoms with Crippen molar-refractivity contribution in [1.29, 1.82) is 0 Å². The third-order valence-corrected chi connectivity index (χ3v) is 7.32. The van der Waals surface area contributed by atoms with Crippen LogP contribution in [0.1, 0.15) is 65.9 Å². The molecule has 2 heteroatoms. The van der Waals surface area contributed by atoms with Crippen LogP contribution in [0.25, 0.3) is 0 Å². The van der Waals surface area contributed by atoms with E-state index in [4.69, 9.17) is 0 Å². The summed E-state index contributed by atoms with van der Waals surface area (Å²) >= 11 is 0. The summed E-state index contributed by atoms with van der Waals surface area (Å²) in [5.74, 6) is 0.803. The van der Waals surface area contributed by atoms with Crippen molar-refractivity contribution in [2.24, 2.45) is 11.3 Å². The fraction of sp³-hybridized carbons (Fsp3) is 0.667. The van der Waals surface area contributed by atoms with Crippen LogP contribution in [0.5, 0.6) is 0 Å². The number of anilines is 1. The standard InChI is InChI=1S/C24H36N2/c1-17-11-7-10-14-20(17)25-18(2)21-15-16-24(6,19-12-8-9-13-19)26(21)22(25)23(3,4)5/h7,10-11,14-16,18-19,21-22H,8-9,12-13H2,1-6H3/t18-,21?,22?,24?/m0/s1. The van der Waals surface area contributed by atoms with Crippen LogP contribution in [0.15, 0.2) is 36.4 Å². The van der Waals surface area contributed by atoms with Crippen molar-refractivity contribution in [2.45, 2.75) is 91.0 Å². The molecule has 1 aromatic rings. The molecule has 0 radical (unpaired) electrons. The molecule has 4 rings (SSSR count). The lowest BCUT2D eigenvalue weighted by molar-refractivity contribution is 0.0248.